The van der Waals surface area contributed by atoms with Crippen LogP contribution >= 0.6 is 11.5 Å². The summed E-state index contributed by atoms with van der Waals surface area (Å²) in [6.45, 7) is 5.83. The molecule has 2 aliphatic rings. The Bertz CT molecular complexity index is 360. The molecule has 1 saturated heterocycles. The molecule has 0 radical (unpaired) electrons. The second-order valence-corrected chi connectivity index (χ2v) is 5.36. The molecule has 1 aromatic heterocycles. The van der Waals surface area contributed by atoms with Crippen molar-refractivity contribution < 1.29 is 4.74 Å². The van der Waals surface area contributed by atoms with Crippen molar-refractivity contribution in [1.29, 1.82) is 0 Å². The molecule has 2 heterocycles. The highest BCUT2D eigenvalue weighted by molar-refractivity contribution is 7.09. The van der Waals surface area contributed by atoms with Crippen LogP contribution < -0.4 is 5.32 Å². The number of aromatic nitrogens is 2. The van der Waals surface area contributed by atoms with Gasteiger partial charge in [-0.15, -0.1) is 0 Å². The average molecular weight is 254 g/mol. The minimum absolute atomic E-state index is 0.654. The number of nitrogens with zero attached hydrogens (tertiary/aromatic N) is 3. The summed E-state index contributed by atoms with van der Waals surface area (Å²) in [7, 11) is 0. The minimum Gasteiger partial charge on any atom is -0.379 e. The van der Waals surface area contributed by atoms with Gasteiger partial charge in [-0.3, -0.25) is 4.90 Å². The molecular formula is C11H18N4OS. The third-order valence-corrected chi connectivity index (χ3v) is 3.88. The third kappa shape index (κ3) is 3.14. The van der Waals surface area contributed by atoms with Gasteiger partial charge in [-0.1, -0.05) is 0 Å². The van der Waals surface area contributed by atoms with Crippen LogP contribution in [0.15, 0.2) is 0 Å². The first-order valence-corrected chi connectivity index (χ1v) is 7.07. The van der Waals surface area contributed by atoms with E-state index in [2.05, 4.69) is 19.6 Å². The van der Waals surface area contributed by atoms with E-state index in [-0.39, 0.29) is 0 Å². The highest BCUT2D eigenvalue weighted by Gasteiger charge is 2.27. The van der Waals surface area contributed by atoms with Crippen molar-refractivity contribution >= 4 is 16.7 Å². The molecule has 0 spiro atoms. The summed E-state index contributed by atoms with van der Waals surface area (Å²) in [6, 6.07) is 0. The van der Waals surface area contributed by atoms with Crippen LogP contribution in [-0.2, 0) is 4.74 Å². The molecule has 0 atom stereocenters. The average Bonchev–Trinajstić information content (AvgIpc) is 3.11. The topological polar surface area (TPSA) is 50.3 Å². The summed E-state index contributed by atoms with van der Waals surface area (Å²) in [5.74, 6) is 1.70. The lowest BCUT2D eigenvalue weighted by Crippen LogP contribution is -2.38. The molecule has 0 unspecified atom stereocenters. The fraction of sp³-hybridized carbons (Fsp3) is 0.818. The summed E-state index contributed by atoms with van der Waals surface area (Å²) in [4.78, 5) is 6.92. The molecule has 94 valence electrons. The molecule has 0 amide bonds. The highest BCUT2D eigenvalue weighted by Crippen LogP contribution is 2.39. The summed E-state index contributed by atoms with van der Waals surface area (Å²) >= 11 is 1.49. The van der Waals surface area contributed by atoms with Crippen LogP contribution in [0.3, 0.4) is 0 Å². The number of hydrogen-bond acceptors (Lipinski definition) is 6. The van der Waals surface area contributed by atoms with Crippen molar-refractivity contribution in [1.82, 2.24) is 14.3 Å². The van der Waals surface area contributed by atoms with E-state index in [1.54, 1.807) is 0 Å². The maximum Gasteiger partial charge on any atom is 0.202 e. The molecule has 1 aliphatic heterocycles. The van der Waals surface area contributed by atoms with E-state index in [0.29, 0.717) is 5.92 Å². The van der Waals surface area contributed by atoms with Crippen molar-refractivity contribution in [2.24, 2.45) is 0 Å². The predicted molar refractivity (Wildman–Crippen MR) is 67.6 cm³/mol. The predicted octanol–water partition coefficient (Wildman–Crippen LogP) is 1.16. The normalized spacial score (nSPS) is 21.6. The molecule has 5 nitrogen and oxygen atoms in total. The van der Waals surface area contributed by atoms with Crippen molar-refractivity contribution in [2.45, 2.75) is 18.8 Å². The number of nitrogens with one attached hydrogen (secondary N) is 1. The lowest BCUT2D eigenvalue weighted by Gasteiger charge is -2.26. The zero-order chi connectivity index (χ0) is 11.5. The quantitative estimate of drug-likeness (QED) is 0.854. The molecule has 3 rings (SSSR count). The van der Waals surface area contributed by atoms with E-state index in [0.717, 1.165) is 50.3 Å². The molecule has 1 saturated carbocycles. The van der Waals surface area contributed by atoms with E-state index >= 15 is 0 Å². The number of ether oxygens (including phenoxy) is 1. The van der Waals surface area contributed by atoms with Crippen LogP contribution in [0.4, 0.5) is 5.13 Å². The lowest BCUT2D eigenvalue weighted by atomic mass is 10.4. The van der Waals surface area contributed by atoms with Gasteiger partial charge in [-0.05, 0) is 12.8 Å². The molecule has 1 aromatic rings. The van der Waals surface area contributed by atoms with Crippen molar-refractivity contribution in [3.8, 4) is 0 Å². The van der Waals surface area contributed by atoms with Crippen molar-refractivity contribution in [3.05, 3.63) is 5.82 Å². The Hall–Kier alpha value is -0.720. The van der Waals surface area contributed by atoms with Gasteiger partial charge in [-0.25, -0.2) is 4.98 Å². The van der Waals surface area contributed by atoms with E-state index in [1.165, 1.54) is 24.4 Å². The standard InChI is InChI=1S/C11H18N4OS/c1-2-9(1)10-13-11(17-14-10)12-3-4-15-5-7-16-8-6-15/h9H,1-8H2,(H,12,13,14). The Morgan fingerprint density at radius 2 is 2.18 bits per heavy atom. The van der Waals surface area contributed by atoms with Gasteiger partial charge in [0.2, 0.25) is 5.13 Å². The molecule has 17 heavy (non-hydrogen) atoms. The van der Waals surface area contributed by atoms with Crippen LogP contribution in [0.1, 0.15) is 24.6 Å². The highest BCUT2D eigenvalue weighted by atomic mass is 32.1. The Morgan fingerprint density at radius 3 is 2.94 bits per heavy atom. The van der Waals surface area contributed by atoms with Gasteiger partial charge < -0.3 is 10.1 Å². The van der Waals surface area contributed by atoms with Crippen LogP contribution in [0.5, 0.6) is 0 Å². The molecule has 1 N–H and O–H groups in total. The molecule has 1 aliphatic carbocycles. The van der Waals surface area contributed by atoms with Crippen molar-refractivity contribution in [3.63, 3.8) is 0 Å². The van der Waals surface area contributed by atoms with Crippen molar-refractivity contribution in [2.75, 3.05) is 44.7 Å². The minimum atomic E-state index is 0.654. The SMILES string of the molecule is C(CN1CCOCC1)Nc1nc(C2CC2)ns1. The summed E-state index contributed by atoms with van der Waals surface area (Å²) < 4.78 is 9.70. The fourth-order valence-electron chi connectivity index (χ4n) is 1.96. The zero-order valence-electron chi connectivity index (χ0n) is 9.89. The Kier molecular flexibility index (Phi) is 3.54. The number of hydrogen-bond donors (Lipinski definition) is 1. The van der Waals surface area contributed by atoms with E-state index in [9.17, 15) is 0 Å². The lowest BCUT2D eigenvalue weighted by molar-refractivity contribution is 0.0398. The number of anilines is 1. The second kappa shape index (κ2) is 5.29. The van der Waals surface area contributed by atoms with Gasteiger partial charge in [0.15, 0.2) is 0 Å². The van der Waals surface area contributed by atoms with Crippen LogP contribution in [0.25, 0.3) is 0 Å². The Morgan fingerprint density at radius 1 is 1.35 bits per heavy atom. The number of rotatable bonds is 5. The fourth-order valence-corrected chi connectivity index (χ4v) is 2.63. The maximum absolute atomic E-state index is 5.32. The van der Waals surface area contributed by atoms with Gasteiger partial charge >= 0.3 is 0 Å². The van der Waals surface area contributed by atoms with Crippen LogP contribution in [0, 0.1) is 0 Å². The monoisotopic (exact) mass is 254 g/mol. The smallest absolute Gasteiger partial charge is 0.202 e. The largest absolute Gasteiger partial charge is 0.379 e. The van der Waals surface area contributed by atoms with Gasteiger partial charge in [-0.2, -0.15) is 4.37 Å². The van der Waals surface area contributed by atoms with Gasteiger partial charge in [0.25, 0.3) is 0 Å². The van der Waals surface area contributed by atoms with E-state index < -0.39 is 0 Å². The first-order chi connectivity index (χ1) is 8.42. The summed E-state index contributed by atoms with van der Waals surface area (Å²) in [6.07, 6.45) is 2.54. The molecular weight excluding hydrogens is 236 g/mol. The Balaban J connectivity index is 1.40. The van der Waals surface area contributed by atoms with Gasteiger partial charge in [0.1, 0.15) is 5.82 Å². The molecule has 6 heteroatoms. The summed E-state index contributed by atoms with van der Waals surface area (Å²) in [5, 5.41) is 4.33. The van der Waals surface area contributed by atoms with Crippen LogP contribution in [-0.4, -0.2) is 53.7 Å². The van der Waals surface area contributed by atoms with Crippen LogP contribution in [0.2, 0.25) is 0 Å². The Labute approximate surface area is 105 Å². The summed E-state index contributed by atoms with van der Waals surface area (Å²) in [5.41, 5.74) is 0. The zero-order valence-corrected chi connectivity index (χ0v) is 10.7. The van der Waals surface area contributed by atoms with E-state index in [4.69, 9.17) is 4.74 Å². The molecule has 2 fully saturated rings. The molecule has 0 bridgehead atoms. The van der Waals surface area contributed by atoms with Gasteiger partial charge in [0.05, 0.1) is 13.2 Å². The van der Waals surface area contributed by atoms with Gasteiger partial charge in [0, 0.05) is 43.6 Å². The first kappa shape index (κ1) is 11.4. The first-order valence-electron chi connectivity index (χ1n) is 6.29. The third-order valence-electron chi connectivity index (χ3n) is 3.19. The van der Waals surface area contributed by atoms with E-state index in [1.807, 2.05) is 0 Å². The molecule has 0 aromatic carbocycles. The number of morpholine rings is 1. The maximum atomic E-state index is 5.32. The second-order valence-electron chi connectivity index (χ2n) is 4.61.